The molecule has 20 heavy (non-hydrogen) atoms. The Morgan fingerprint density at radius 2 is 2.10 bits per heavy atom. The van der Waals surface area contributed by atoms with Crippen molar-refractivity contribution in [2.45, 2.75) is 26.2 Å². The van der Waals surface area contributed by atoms with Gasteiger partial charge in [0.25, 0.3) is 0 Å². The Bertz CT molecular complexity index is 541. The van der Waals surface area contributed by atoms with Crippen LogP contribution in [0, 0.1) is 11.8 Å². The molecule has 0 spiro atoms. The number of carbonyl (C=O) groups is 2. The molecule has 3 rings (SSSR count). The van der Waals surface area contributed by atoms with E-state index < -0.39 is 0 Å². The van der Waals surface area contributed by atoms with Crippen LogP contribution in [-0.4, -0.2) is 24.9 Å². The first-order valence-corrected chi connectivity index (χ1v) is 7.39. The second kappa shape index (κ2) is 5.27. The molecule has 1 aliphatic heterocycles. The van der Waals surface area contributed by atoms with Crippen LogP contribution < -0.4 is 10.2 Å². The number of benzene rings is 1. The third-order valence-electron chi connectivity index (χ3n) is 4.15. The molecule has 0 saturated heterocycles. The van der Waals surface area contributed by atoms with Gasteiger partial charge in [-0.05, 0) is 30.9 Å². The molecule has 1 aromatic rings. The standard InChI is InChI=1S/C16H20N2O2/c1-2-8-17-15(19)12-10-13(12)16(20)18-9-7-11-5-3-4-6-14(11)18/h3-6,12-13H,2,7-10H2,1H3,(H,17,19). The second-order valence-corrected chi connectivity index (χ2v) is 5.61. The van der Waals surface area contributed by atoms with Crippen LogP contribution in [0.4, 0.5) is 5.69 Å². The molecule has 1 aromatic carbocycles. The predicted molar refractivity (Wildman–Crippen MR) is 77.4 cm³/mol. The van der Waals surface area contributed by atoms with Gasteiger partial charge >= 0.3 is 0 Å². The Labute approximate surface area is 119 Å². The van der Waals surface area contributed by atoms with E-state index in [1.807, 2.05) is 30.0 Å². The number of nitrogens with zero attached hydrogens (tertiary/aromatic N) is 1. The highest BCUT2D eigenvalue weighted by Crippen LogP contribution is 2.42. The van der Waals surface area contributed by atoms with E-state index in [9.17, 15) is 9.59 Å². The highest BCUT2D eigenvalue weighted by Gasteiger charge is 2.50. The fourth-order valence-corrected chi connectivity index (χ4v) is 2.90. The van der Waals surface area contributed by atoms with Crippen molar-refractivity contribution in [3.63, 3.8) is 0 Å². The lowest BCUT2D eigenvalue weighted by molar-refractivity contribution is -0.126. The quantitative estimate of drug-likeness (QED) is 0.907. The molecule has 2 atom stereocenters. The summed E-state index contributed by atoms with van der Waals surface area (Å²) in [6, 6.07) is 8.03. The molecule has 1 heterocycles. The number of hydrogen-bond donors (Lipinski definition) is 1. The molecular weight excluding hydrogens is 252 g/mol. The molecule has 106 valence electrons. The number of carbonyl (C=O) groups excluding carboxylic acids is 2. The highest BCUT2D eigenvalue weighted by atomic mass is 16.2. The fourth-order valence-electron chi connectivity index (χ4n) is 2.90. The molecule has 0 bridgehead atoms. The number of anilines is 1. The van der Waals surface area contributed by atoms with Gasteiger partial charge in [-0.3, -0.25) is 9.59 Å². The van der Waals surface area contributed by atoms with E-state index >= 15 is 0 Å². The fraction of sp³-hybridized carbons (Fsp3) is 0.500. The van der Waals surface area contributed by atoms with Gasteiger partial charge in [0.15, 0.2) is 0 Å². The lowest BCUT2D eigenvalue weighted by atomic mass is 10.2. The van der Waals surface area contributed by atoms with Crippen LogP contribution in [0.25, 0.3) is 0 Å². The van der Waals surface area contributed by atoms with Crippen molar-refractivity contribution in [2.75, 3.05) is 18.0 Å². The summed E-state index contributed by atoms with van der Waals surface area (Å²) < 4.78 is 0. The van der Waals surface area contributed by atoms with Crippen LogP contribution >= 0.6 is 0 Å². The van der Waals surface area contributed by atoms with Gasteiger partial charge in [-0.1, -0.05) is 25.1 Å². The van der Waals surface area contributed by atoms with Crippen molar-refractivity contribution in [3.8, 4) is 0 Å². The zero-order chi connectivity index (χ0) is 14.1. The minimum atomic E-state index is -0.113. The molecule has 0 aromatic heterocycles. The van der Waals surface area contributed by atoms with E-state index in [1.165, 1.54) is 5.56 Å². The molecule has 1 fully saturated rings. The monoisotopic (exact) mass is 272 g/mol. The molecule has 2 unspecified atom stereocenters. The zero-order valence-corrected chi connectivity index (χ0v) is 11.8. The average Bonchev–Trinajstić information content (AvgIpc) is 3.16. The molecule has 2 aliphatic rings. The molecular formula is C16H20N2O2. The summed E-state index contributed by atoms with van der Waals surface area (Å²) in [5.74, 6) is -0.0656. The lowest BCUT2D eigenvalue weighted by Gasteiger charge is -2.17. The number of para-hydroxylation sites is 1. The summed E-state index contributed by atoms with van der Waals surface area (Å²) in [6.45, 7) is 3.47. The van der Waals surface area contributed by atoms with Crippen LogP contribution in [0.5, 0.6) is 0 Å². The predicted octanol–water partition coefficient (Wildman–Crippen LogP) is 1.74. The first-order valence-electron chi connectivity index (χ1n) is 7.39. The van der Waals surface area contributed by atoms with Gasteiger partial charge in [-0.2, -0.15) is 0 Å². The van der Waals surface area contributed by atoms with E-state index in [4.69, 9.17) is 0 Å². The van der Waals surface area contributed by atoms with Crippen molar-refractivity contribution in [3.05, 3.63) is 29.8 Å². The number of nitrogens with one attached hydrogen (secondary N) is 1. The summed E-state index contributed by atoms with van der Waals surface area (Å²) >= 11 is 0. The maximum atomic E-state index is 12.5. The van der Waals surface area contributed by atoms with Crippen molar-refractivity contribution < 1.29 is 9.59 Å². The first kappa shape index (κ1) is 13.2. The van der Waals surface area contributed by atoms with E-state index in [0.717, 1.165) is 25.1 Å². The highest BCUT2D eigenvalue weighted by molar-refractivity contribution is 6.02. The number of hydrogen-bond acceptors (Lipinski definition) is 2. The zero-order valence-electron chi connectivity index (χ0n) is 11.8. The van der Waals surface area contributed by atoms with Crippen molar-refractivity contribution >= 4 is 17.5 Å². The van der Waals surface area contributed by atoms with E-state index in [0.29, 0.717) is 13.0 Å². The van der Waals surface area contributed by atoms with Gasteiger partial charge in [-0.15, -0.1) is 0 Å². The SMILES string of the molecule is CCCNC(=O)C1CC1C(=O)N1CCc2ccccc21. The Morgan fingerprint density at radius 3 is 2.90 bits per heavy atom. The Balaban J connectivity index is 1.63. The normalized spacial score (nSPS) is 23.4. The summed E-state index contributed by atoms with van der Waals surface area (Å²) in [7, 11) is 0. The average molecular weight is 272 g/mol. The third-order valence-corrected chi connectivity index (χ3v) is 4.15. The van der Waals surface area contributed by atoms with E-state index in [2.05, 4.69) is 11.4 Å². The molecule has 0 radical (unpaired) electrons. The van der Waals surface area contributed by atoms with Crippen molar-refractivity contribution in [1.29, 1.82) is 0 Å². The third kappa shape index (κ3) is 2.30. The lowest BCUT2D eigenvalue weighted by Crippen LogP contribution is -2.33. The van der Waals surface area contributed by atoms with Crippen molar-refractivity contribution in [2.24, 2.45) is 11.8 Å². The maximum absolute atomic E-state index is 12.5. The Kier molecular flexibility index (Phi) is 3.47. The van der Waals surface area contributed by atoms with Gasteiger partial charge < -0.3 is 10.2 Å². The smallest absolute Gasteiger partial charge is 0.230 e. The van der Waals surface area contributed by atoms with E-state index in [1.54, 1.807) is 0 Å². The number of fused-ring (bicyclic) bond motifs is 1. The first-order chi connectivity index (χ1) is 9.72. The topological polar surface area (TPSA) is 49.4 Å². The molecule has 2 amide bonds. The summed E-state index contributed by atoms with van der Waals surface area (Å²) in [5, 5.41) is 2.88. The van der Waals surface area contributed by atoms with Crippen LogP contribution in [0.2, 0.25) is 0 Å². The largest absolute Gasteiger partial charge is 0.356 e. The van der Waals surface area contributed by atoms with Gasteiger partial charge in [0.05, 0.1) is 11.8 Å². The minimum absolute atomic E-state index is 0.0395. The van der Waals surface area contributed by atoms with Crippen molar-refractivity contribution in [1.82, 2.24) is 5.32 Å². The van der Waals surface area contributed by atoms with Crippen LogP contribution in [0.15, 0.2) is 24.3 Å². The number of rotatable bonds is 4. The van der Waals surface area contributed by atoms with Gasteiger partial charge in [0, 0.05) is 18.8 Å². The Hall–Kier alpha value is -1.84. The number of amides is 2. The summed E-state index contributed by atoms with van der Waals surface area (Å²) in [5.41, 5.74) is 2.26. The molecule has 1 saturated carbocycles. The van der Waals surface area contributed by atoms with Gasteiger partial charge in [-0.25, -0.2) is 0 Å². The Morgan fingerprint density at radius 1 is 1.30 bits per heavy atom. The molecule has 1 aliphatic carbocycles. The van der Waals surface area contributed by atoms with Crippen LogP contribution in [-0.2, 0) is 16.0 Å². The van der Waals surface area contributed by atoms with Gasteiger partial charge in [0.2, 0.25) is 11.8 Å². The van der Waals surface area contributed by atoms with Crippen LogP contribution in [0.1, 0.15) is 25.3 Å². The van der Waals surface area contributed by atoms with Gasteiger partial charge in [0.1, 0.15) is 0 Å². The molecule has 1 N–H and O–H groups in total. The molecule has 4 nitrogen and oxygen atoms in total. The molecule has 4 heteroatoms. The summed E-state index contributed by atoms with van der Waals surface area (Å²) in [4.78, 5) is 26.2. The van der Waals surface area contributed by atoms with Crippen LogP contribution in [0.3, 0.4) is 0 Å². The second-order valence-electron chi connectivity index (χ2n) is 5.61. The van der Waals surface area contributed by atoms with E-state index in [-0.39, 0.29) is 23.7 Å². The minimum Gasteiger partial charge on any atom is -0.356 e. The maximum Gasteiger partial charge on any atom is 0.230 e. The summed E-state index contributed by atoms with van der Waals surface area (Å²) in [6.07, 6.45) is 2.55.